The van der Waals surface area contributed by atoms with E-state index in [0.29, 0.717) is 25.0 Å². The highest BCUT2D eigenvalue weighted by molar-refractivity contribution is 5.91. The van der Waals surface area contributed by atoms with Crippen molar-refractivity contribution < 1.29 is 38.2 Å². The Labute approximate surface area is 215 Å². The number of hydrogen-bond acceptors (Lipinski definition) is 8. The van der Waals surface area contributed by atoms with Gasteiger partial charge in [0.05, 0.1) is 0 Å². The molecular weight excluding hydrogens is 466 g/mol. The predicted octanol–water partition coefficient (Wildman–Crippen LogP) is 4.33. The van der Waals surface area contributed by atoms with Crippen molar-refractivity contribution >= 4 is 29.6 Å². The second-order valence-corrected chi connectivity index (χ2v) is 9.77. The Morgan fingerprint density at radius 2 is 1.39 bits per heavy atom. The van der Waals surface area contributed by atoms with E-state index in [1.807, 2.05) is 0 Å². The van der Waals surface area contributed by atoms with E-state index in [1.54, 1.807) is 0 Å². The van der Waals surface area contributed by atoms with Crippen LogP contribution in [-0.2, 0) is 38.2 Å². The van der Waals surface area contributed by atoms with Crippen molar-refractivity contribution in [3.8, 4) is 0 Å². The standard InChI is InChI=1S/C27H45NO8/c1-5-6-7-13-16-23(32)17-14-11-9-8-10-12-15-18-24-25(35-22(4)31)27(26(33)36-24,28-20(2)29)19-34-21(3)30/h24-25H,5-19H2,1-4H3,(H,28,29)/t24-,25+,27+/m1/s1. The molecule has 206 valence electrons. The van der Waals surface area contributed by atoms with E-state index in [9.17, 15) is 24.0 Å². The van der Waals surface area contributed by atoms with Crippen molar-refractivity contribution in [3.63, 3.8) is 0 Å². The molecule has 1 amide bonds. The van der Waals surface area contributed by atoms with Gasteiger partial charge in [0.2, 0.25) is 11.4 Å². The highest BCUT2D eigenvalue weighted by Crippen LogP contribution is 2.33. The lowest BCUT2D eigenvalue weighted by Crippen LogP contribution is -2.63. The average Bonchev–Trinajstić information content (AvgIpc) is 3.04. The first-order chi connectivity index (χ1) is 17.1. The van der Waals surface area contributed by atoms with Crippen molar-refractivity contribution in [2.24, 2.45) is 0 Å². The van der Waals surface area contributed by atoms with Crippen LogP contribution in [0.15, 0.2) is 0 Å². The number of nitrogens with one attached hydrogen (secondary N) is 1. The van der Waals surface area contributed by atoms with Gasteiger partial charge in [-0.3, -0.25) is 19.2 Å². The zero-order valence-electron chi connectivity index (χ0n) is 22.5. The fourth-order valence-corrected chi connectivity index (χ4v) is 4.56. The van der Waals surface area contributed by atoms with Crippen LogP contribution in [0.3, 0.4) is 0 Å². The van der Waals surface area contributed by atoms with Gasteiger partial charge >= 0.3 is 17.9 Å². The summed E-state index contributed by atoms with van der Waals surface area (Å²) in [6.45, 7) is 5.32. The number of esters is 3. The molecule has 0 aromatic rings. The SMILES string of the molecule is CCCCCCC(=O)CCCCCCCCC[C@H]1OC(=O)[C@@](COC(C)=O)(NC(C)=O)[C@H]1OC(C)=O. The molecule has 0 spiro atoms. The molecule has 0 radical (unpaired) electrons. The van der Waals surface area contributed by atoms with E-state index in [4.69, 9.17) is 14.2 Å². The first-order valence-electron chi connectivity index (χ1n) is 13.4. The predicted molar refractivity (Wildman–Crippen MR) is 134 cm³/mol. The summed E-state index contributed by atoms with van der Waals surface area (Å²) in [6.07, 6.45) is 11.3. The van der Waals surface area contributed by atoms with Crippen molar-refractivity contribution in [3.05, 3.63) is 0 Å². The molecule has 1 heterocycles. The molecule has 9 heteroatoms. The van der Waals surface area contributed by atoms with Crippen LogP contribution in [0.4, 0.5) is 0 Å². The minimum Gasteiger partial charge on any atom is -0.463 e. The first-order valence-corrected chi connectivity index (χ1v) is 13.4. The van der Waals surface area contributed by atoms with Crippen molar-refractivity contribution in [2.75, 3.05) is 6.61 Å². The van der Waals surface area contributed by atoms with Gasteiger partial charge in [0.1, 0.15) is 18.5 Å². The molecule has 0 saturated carbocycles. The molecule has 1 N–H and O–H groups in total. The summed E-state index contributed by atoms with van der Waals surface area (Å²) in [5.41, 5.74) is -1.76. The zero-order valence-corrected chi connectivity index (χ0v) is 22.5. The van der Waals surface area contributed by atoms with Gasteiger partial charge < -0.3 is 19.5 Å². The zero-order chi connectivity index (χ0) is 27.0. The molecule has 36 heavy (non-hydrogen) atoms. The monoisotopic (exact) mass is 511 g/mol. The Bertz CT molecular complexity index is 737. The van der Waals surface area contributed by atoms with E-state index in [1.165, 1.54) is 33.6 Å². The smallest absolute Gasteiger partial charge is 0.340 e. The Morgan fingerprint density at radius 3 is 1.92 bits per heavy atom. The van der Waals surface area contributed by atoms with Gasteiger partial charge in [-0.05, 0) is 25.7 Å². The molecule has 1 saturated heterocycles. The third kappa shape index (κ3) is 11.5. The van der Waals surface area contributed by atoms with Crippen LogP contribution in [0.1, 0.15) is 118 Å². The van der Waals surface area contributed by atoms with Gasteiger partial charge in [-0.15, -0.1) is 0 Å². The Balaban J connectivity index is 2.42. The summed E-state index contributed by atoms with van der Waals surface area (Å²) in [5, 5.41) is 2.51. The van der Waals surface area contributed by atoms with Gasteiger partial charge in [-0.1, -0.05) is 58.3 Å². The third-order valence-electron chi connectivity index (χ3n) is 6.39. The number of carbonyl (C=O) groups excluding carboxylic acids is 5. The molecule has 1 aliphatic heterocycles. The Kier molecular flexibility index (Phi) is 15.0. The van der Waals surface area contributed by atoms with E-state index in [2.05, 4.69) is 12.2 Å². The summed E-state index contributed by atoms with van der Waals surface area (Å²) in [6, 6.07) is 0. The molecule has 1 aliphatic rings. The topological polar surface area (TPSA) is 125 Å². The summed E-state index contributed by atoms with van der Waals surface area (Å²) in [5.74, 6) is -2.19. The van der Waals surface area contributed by atoms with Gasteiger partial charge in [-0.2, -0.15) is 0 Å². The van der Waals surface area contributed by atoms with Crippen LogP contribution >= 0.6 is 0 Å². The Morgan fingerprint density at radius 1 is 0.833 bits per heavy atom. The van der Waals surface area contributed by atoms with Gasteiger partial charge in [0.15, 0.2) is 6.10 Å². The summed E-state index contributed by atoms with van der Waals surface area (Å²) >= 11 is 0. The number of cyclic esters (lactones) is 1. The fraction of sp³-hybridized carbons (Fsp3) is 0.815. The normalized spacial score (nSPS) is 21.1. The molecule has 9 nitrogen and oxygen atoms in total. The highest BCUT2D eigenvalue weighted by atomic mass is 16.6. The summed E-state index contributed by atoms with van der Waals surface area (Å²) < 4.78 is 15.9. The number of amides is 1. The van der Waals surface area contributed by atoms with Gasteiger partial charge in [-0.25, -0.2) is 4.79 Å². The van der Waals surface area contributed by atoms with Crippen LogP contribution in [0.25, 0.3) is 0 Å². The lowest BCUT2D eigenvalue weighted by molar-refractivity contribution is -0.159. The fourth-order valence-electron chi connectivity index (χ4n) is 4.56. The lowest BCUT2D eigenvalue weighted by Gasteiger charge is -2.31. The average molecular weight is 512 g/mol. The molecule has 1 rings (SSSR count). The van der Waals surface area contributed by atoms with E-state index in [0.717, 1.165) is 57.8 Å². The van der Waals surface area contributed by atoms with Crippen molar-refractivity contribution in [2.45, 2.75) is 135 Å². The maximum atomic E-state index is 12.8. The lowest BCUT2D eigenvalue weighted by atomic mass is 9.90. The second-order valence-electron chi connectivity index (χ2n) is 9.77. The highest BCUT2D eigenvalue weighted by Gasteiger charge is 2.61. The van der Waals surface area contributed by atoms with Crippen LogP contribution in [-0.4, -0.2) is 54.0 Å². The van der Waals surface area contributed by atoms with Crippen molar-refractivity contribution in [1.82, 2.24) is 5.32 Å². The van der Waals surface area contributed by atoms with Crippen LogP contribution in [0.5, 0.6) is 0 Å². The minimum absolute atomic E-state index is 0.378. The van der Waals surface area contributed by atoms with E-state index >= 15 is 0 Å². The molecule has 0 bridgehead atoms. The molecule has 0 aromatic carbocycles. The summed E-state index contributed by atoms with van der Waals surface area (Å²) in [4.78, 5) is 59.6. The van der Waals surface area contributed by atoms with E-state index in [-0.39, 0.29) is 0 Å². The van der Waals surface area contributed by atoms with Crippen molar-refractivity contribution in [1.29, 1.82) is 0 Å². The number of rotatable bonds is 19. The van der Waals surface area contributed by atoms with Gasteiger partial charge in [0.25, 0.3) is 0 Å². The Hall–Kier alpha value is -2.45. The van der Waals surface area contributed by atoms with Crippen LogP contribution < -0.4 is 5.32 Å². The molecule has 0 aromatic heterocycles. The number of ether oxygens (including phenoxy) is 3. The summed E-state index contributed by atoms with van der Waals surface area (Å²) in [7, 11) is 0. The van der Waals surface area contributed by atoms with Crippen LogP contribution in [0.2, 0.25) is 0 Å². The molecule has 0 aliphatic carbocycles. The number of Topliss-reactive ketones (excluding diaryl/α,β-unsaturated/α-hetero) is 1. The van der Waals surface area contributed by atoms with Crippen LogP contribution in [0, 0.1) is 0 Å². The first kappa shape index (κ1) is 31.6. The molecule has 0 unspecified atom stereocenters. The third-order valence-corrected chi connectivity index (χ3v) is 6.39. The second kappa shape index (κ2) is 17.1. The molecule has 3 atom stereocenters. The maximum Gasteiger partial charge on any atom is 0.340 e. The molecular formula is C27H45NO8. The number of ketones is 1. The van der Waals surface area contributed by atoms with Gasteiger partial charge in [0, 0.05) is 33.6 Å². The largest absolute Gasteiger partial charge is 0.463 e. The number of hydrogen-bond donors (Lipinski definition) is 1. The maximum absolute atomic E-state index is 12.8. The van der Waals surface area contributed by atoms with E-state index < -0.39 is 48.2 Å². The number of carbonyl (C=O) groups is 5. The minimum atomic E-state index is -1.76. The number of unbranched alkanes of at least 4 members (excludes halogenated alkanes) is 9. The molecule has 1 fully saturated rings. The quantitative estimate of drug-likeness (QED) is 0.154.